The molecule has 3 rings (SSSR count). The Morgan fingerprint density at radius 1 is 1.29 bits per heavy atom. The molecular weight excluding hydrogens is 280 g/mol. The van der Waals surface area contributed by atoms with E-state index >= 15 is 0 Å². The van der Waals surface area contributed by atoms with Crippen molar-refractivity contribution in [3.8, 4) is 5.69 Å². The first-order valence-corrected chi connectivity index (χ1v) is 7.36. The molecule has 5 heteroatoms. The van der Waals surface area contributed by atoms with Crippen LogP contribution in [0.2, 0.25) is 0 Å². The SMILES string of the molecule is CC1=CC(N)CC=C1c1n[nH]c(=S)n1-c1ccc(C)cc1. The minimum absolute atomic E-state index is 0.0866. The highest BCUT2D eigenvalue weighted by Gasteiger charge is 2.18. The van der Waals surface area contributed by atoms with Crippen molar-refractivity contribution in [1.82, 2.24) is 14.8 Å². The van der Waals surface area contributed by atoms with Crippen LogP contribution >= 0.6 is 12.2 Å². The zero-order chi connectivity index (χ0) is 15.0. The lowest BCUT2D eigenvalue weighted by molar-refractivity contribution is 0.816. The number of aromatic amines is 1. The maximum atomic E-state index is 5.96. The Kier molecular flexibility index (Phi) is 3.61. The minimum Gasteiger partial charge on any atom is -0.324 e. The van der Waals surface area contributed by atoms with Crippen molar-refractivity contribution in [2.24, 2.45) is 5.73 Å². The molecule has 0 saturated carbocycles. The van der Waals surface area contributed by atoms with Crippen molar-refractivity contribution < 1.29 is 0 Å². The van der Waals surface area contributed by atoms with Gasteiger partial charge in [-0.3, -0.25) is 9.67 Å². The Morgan fingerprint density at radius 2 is 2.00 bits per heavy atom. The van der Waals surface area contributed by atoms with E-state index in [9.17, 15) is 0 Å². The second-order valence-electron chi connectivity index (χ2n) is 5.39. The smallest absolute Gasteiger partial charge is 0.200 e. The van der Waals surface area contributed by atoms with Crippen molar-refractivity contribution in [2.75, 3.05) is 0 Å². The summed E-state index contributed by atoms with van der Waals surface area (Å²) in [5.41, 5.74) is 10.4. The predicted octanol–water partition coefficient (Wildman–Crippen LogP) is 3.30. The average molecular weight is 298 g/mol. The number of H-pyrrole nitrogens is 1. The zero-order valence-corrected chi connectivity index (χ0v) is 12.9. The molecular formula is C16H18N4S. The van der Waals surface area contributed by atoms with E-state index < -0.39 is 0 Å². The molecule has 1 aromatic heterocycles. The second-order valence-corrected chi connectivity index (χ2v) is 5.78. The van der Waals surface area contributed by atoms with Crippen molar-refractivity contribution in [2.45, 2.75) is 26.3 Å². The second kappa shape index (κ2) is 5.42. The van der Waals surface area contributed by atoms with Crippen LogP contribution in [0.25, 0.3) is 11.3 Å². The van der Waals surface area contributed by atoms with Gasteiger partial charge >= 0.3 is 0 Å². The van der Waals surface area contributed by atoms with Gasteiger partial charge < -0.3 is 5.73 Å². The van der Waals surface area contributed by atoms with Crippen LogP contribution in [0.3, 0.4) is 0 Å². The van der Waals surface area contributed by atoms with Gasteiger partial charge in [-0.1, -0.05) is 29.8 Å². The summed E-state index contributed by atoms with van der Waals surface area (Å²) in [5.74, 6) is 0.838. The van der Waals surface area contributed by atoms with E-state index in [0.29, 0.717) is 4.77 Å². The Balaban J connectivity index is 2.12. The number of allylic oxidation sites excluding steroid dienone is 2. The van der Waals surface area contributed by atoms with E-state index in [0.717, 1.165) is 29.1 Å². The molecule has 1 aliphatic rings. The molecule has 0 spiro atoms. The third-order valence-corrected chi connectivity index (χ3v) is 3.96. The highest BCUT2D eigenvalue weighted by atomic mass is 32.1. The minimum atomic E-state index is 0.0866. The van der Waals surface area contributed by atoms with Gasteiger partial charge in [0, 0.05) is 17.3 Å². The quantitative estimate of drug-likeness (QED) is 0.836. The fourth-order valence-electron chi connectivity index (χ4n) is 2.57. The van der Waals surface area contributed by atoms with Gasteiger partial charge in [-0.25, -0.2) is 0 Å². The van der Waals surface area contributed by atoms with Crippen LogP contribution < -0.4 is 5.73 Å². The third kappa shape index (κ3) is 2.62. The summed E-state index contributed by atoms with van der Waals surface area (Å²) < 4.78 is 2.56. The molecule has 0 saturated heterocycles. The van der Waals surface area contributed by atoms with Crippen molar-refractivity contribution in [3.05, 3.63) is 58.1 Å². The van der Waals surface area contributed by atoms with E-state index in [1.165, 1.54) is 5.56 Å². The number of nitrogens with zero attached hydrogens (tertiary/aromatic N) is 2. The van der Waals surface area contributed by atoms with Crippen molar-refractivity contribution >= 4 is 17.8 Å². The third-order valence-electron chi connectivity index (χ3n) is 3.69. The van der Waals surface area contributed by atoms with E-state index in [1.54, 1.807) is 0 Å². The van der Waals surface area contributed by atoms with Crippen LogP contribution in [0.15, 0.2) is 42.0 Å². The van der Waals surface area contributed by atoms with Crippen molar-refractivity contribution in [3.63, 3.8) is 0 Å². The summed E-state index contributed by atoms with van der Waals surface area (Å²) in [6.45, 7) is 4.12. The zero-order valence-electron chi connectivity index (χ0n) is 12.1. The summed E-state index contributed by atoms with van der Waals surface area (Å²) in [6.07, 6.45) is 5.03. The number of hydrogen-bond acceptors (Lipinski definition) is 3. The molecule has 108 valence electrons. The first kappa shape index (κ1) is 14.0. The first-order chi connectivity index (χ1) is 10.1. The van der Waals surface area contributed by atoms with Gasteiger partial charge in [0.1, 0.15) is 0 Å². The van der Waals surface area contributed by atoms with E-state index in [4.69, 9.17) is 18.0 Å². The summed E-state index contributed by atoms with van der Waals surface area (Å²) in [5, 5.41) is 7.31. The topological polar surface area (TPSA) is 59.6 Å². The number of nitrogens with one attached hydrogen (secondary N) is 1. The molecule has 0 aliphatic heterocycles. The predicted molar refractivity (Wildman–Crippen MR) is 87.8 cm³/mol. The molecule has 21 heavy (non-hydrogen) atoms. The molecule has 1 unspecified atom stereocenters. The lowest BCUT2D eigenvalue weighted by atomic mass is 9.96. The fraction of sp³-hybridized carbons (Fsp3) is 0.250. The van der Waals surface area contributed by atoms with Gasteiger partial charge in [-0.15, -0.1) is 0 Å². The largest absolute Gasteiger partial charge is 0.324 e. The highest BCUT2D eigenvalue weighted by Crippen LogP contribution is 2.28. The Bertz CT molecular complexity index is 777. The molecule has 1 atom stereocenters. The lowest BCUT2D eigenvalue weighted by Crippen LogP contribution is -2.19. The highest BCUT2D eigenvalue weighted by molar-refractivity contribution is 7.71. The summed E-state index contributed by atoms with van der Waals surface area (Å²) in [6, 6.07) is 8.34. The van der Waals surface area contributed by atoms with Crippen LogP contribution in [0.5, 0.6) is 0 Å². The van der Waals surface area contributed by atoms with Gasteiger partial charge in [-0.2, -0.15) is 5.10 Å². The number of aryl methyl sites for hydroxylation is 1. The van der Waals surface area contributed by atoms with E-state index in [2.05, 4.69) is 60.5 Å². The molecule has 0 fully saturated rings. The van der Waals surface area contributed by atoms with Crippen LogP contribution in [0, 0.1) is 11.7 Å². The lowest BCUT2D eigenvalue weighted by Gasteiger charge is -2.17. The van der Waals surface area contributed by atoms with Crippen LogP contribution in [-0.4, -0.2) is 20.8 Å². The first-order valence-electron chi connectivity index (χ1n) is 6.95. The summed E-state index contributed by atoms with van der Waals surface area (Å²) >= 11 is 5.39. The van der Waals surface area contributed by atoms with Crippen molar-refractivity contribution in [1.29, 1.82) is 0 Å². The number of rotatable bonds is 2. The molecule has 2 aromatic rings. The number of aromatic nitrogens is 3. The summed E-state index contributed by atoms with van der Waals surface area (Å²) in [7, 11) is 0. The molecule has 0 amide bonds. The van der Waals surface area contributed by atoms with Gasteiger partial charge in [0.2, 0.25) is 0 Å². The van der Waals surface area contributed by atoms with Crippen LogP contribution in [0.1, 0.15) is 24.7 Å². The fourth-order valence-corrected chi connectivity index (χ4v) is 2.81. The standard InChI is InChI=1S/C16H18N4S/c1-10-3-6-13(7-4-10)20-15(18-19-16(20)21)14-8-5-12(17)9-11(14)2/h3-4,6-9,12H,5,17H2,1-2H3,(H,19,21). The van der Waals surface area contributed by atoms with Crippen LogP contribution in [0.4, 0.5) is 0 Å². The molecule has 0 bridgehead atoms. The van der Waals surface area contributed by atoms with E-state index in [-0.39, 0.29) is 6.04 Å². The van der Waals surface area contributed by atoms with Gasteiger partial charge in [0.25, 0.3) is 0 Å². The maximum Gasteiger partial charge on any atom is 0.200 e. The molecule has 4 nitrogen and oxygen atoms in total. The van der Waals surface area contributed by atoms with Gasteiger partial charge in [0.15, 0.2) is 10.6 Å². The average Bonchev–Trinajstić information content (AvgIpc) is 2.82. The molecule has 0 radical (unpaired) electrons. The maximum absolute atomic E-state index is 5.96. The monoisotopic (exact) mass is 298 g/mol. The molecule has 3 N–H and O–H groups in total. The Morgan fingerprint density at radius 3 is 2.67 bits per heavy atom. The summed E-state index contributed by atoms with van der Waals surface area (Å²) in [4.78, 5) is 0. The number of benzene rings is 1. The number of nitrogens with two attached hydrogens (primary N) is 1. The van der Waals surface area contributed by atoms with E-state index in [1.807, 2.05) is 4.57 Å². The molecule has 1 aromatic carbocycles. The number of hydrogen-bond donors (Lipinski definition) is 2. The van der Waals surface area contributed by atoms with Crippen LogP contribution in [-0.2, 0) is 0 Å². The van der Waals surface area contributed by atoms with Gasteiger partial charge in [-0.05, 0) is 50.2 Å². The molecule has 1 heterocycles. The Hall–Kier alpha value is -1.98. The Labute approximate surface area is 129 Å². The normalized spacial score (nSPS) is 18.3. The molecule has 1 aliphatic carbocycles. The van der Waals surface area contributed by atoms with Gasteiger partial charge in [0.05, 0.1) is 0 Å².